The number of rotatable bonds is 4. The molecule has 0 aromatic heterocycles. The molecule has 2 rings (SSSR count). The smallest absolute Gasteiger partial charge is 0.436 e. The third-order valence-electron chi connectivity index (χ3n) is 3.35. The lowest BCUT2D eigenvalue weighted by Gasteiger charge is -2.42. The number of carbonyl (C=O) groups excluding carboxylic acids is 2. The quantitative estimate of drug-likeness (QED) is 0.787. The average Bonchev–Trinajstić information content (AvgIpc) is 2.53. The van der Waals surface area contributed by atoms with Gasteiger partial charge in [0, 0.05) is 0 Å². The van der Waals surface area contributed by atoms with E-state index in [0.29, 0.717) is 11.6 Å². The minimum Gasteiger partial charge on any atom is -0.465 e. The Bertz CT molecular complexity index is 706. The molecule has 24 heavy (non-hydrogen) atoms. The van der Waals surface area contributed by atoms with Crippen LogP contribution in [0, 0.1) is 0 Å². The second kappa shape index (κ2) is 6.38. The first-order valence-electron chi connectivity index (χ1n) is 6.68. The molecule has 0 spiro atoms. The first-order chi connectivity index (χ1) is 11.3. The number of alkyl halides is 3. The largest absolute Gasteiger partial charge is 0.465 e. The molecule has 1 aliphatic heterocycles. The summed E-state index contributed by atoms with van der Waals surface area (Å²) in [5.74, 6) is -3.33. The Labute approximate surface area is 135 Å². The van der Waals surface area contributed by atoms with Gasteiger partial charge in [0.15, 0.2) is 0 Å². The molecule has 1 aliphatic rings. The van der Waals surface area contributed by atoms with Crippen LogP contribution in [0.2, 0.25) is 0 Å². The van der Waals surface area contributed by atoms with Gasteiger partial charge in [0.25, 0.3) is 5.60 Å². The van der Waals surface area contributed by atoms with Gasteiger partial charge in [-0.15, -0.1) is 0 Å². The zero-order valence-electron chi connectivity index (χ0n) is 12.7. The maximum absolute atomic E-state index is 13.6. The van der Waals surface area contributed by atoms with Crippen molar-refractivity contribution in [3.05, 3.63) is 53.3 Å². The van der Waals surface area contributed by atoms with E-state index < -0.39 is 35.0 Å². The van der Waals surface area contributed by atoms with E-state index in [4.69, 9.17) is 4.74 Å². The van der Waals surface area contributed by atoms with Crippen molar-refractivity contribution in [1.29, 1.82) is 0 Å². The van der Waals surface area contributed by atoms with Crippen LogP contribution in [0.1, 0.15) is 5.56 Å². The van der Waals surface area contributed by atoms with Gasteiger partial charge in [-0.2, -0.15) is 13.2 Å². The fourth-order valence-corrected chi connectivity index (χ4v) is 2.16. The van der Waals surface area contributed by atoms with Crippen molar-refractivity contribution in [2.45, 2.75) is 11.8 Å². The SMILES string of the molecule is COC(=O)C1=C(C(=O)OC)C(/C=C/c2ccccc2)(C(F)(F)F)O1. The Kier molecular flexibility index (Phi) is 4.68. The van der Waals surface area contributed by atoms with E-state index >= 15 is 0 Å². The van der Waals surface area contributed by atoms with Crippen molar-refractivity contribution in [1.82, 2.24) is 0 Å². The standard InChI is InChI=1S/C16H13F3O5/c1-22-13(20)11-12(14(21)23-2)24-15(11,16(17,18)19)9-8-10-6-4-3-5-7-10/h3-9H,1-2H3/b9-8+. The number of halogens is 3. The van der Waals surface area contributed by atoms with Crippen LogP contribution >= 0.6 is 0 Å². The number of benzene rings is 1. The highest BCUT2D eigenvalue weighted by atomic mass is 19.4. The van der Waals surface area contributed by atoms with Crippen molar-refractivity contribution >= 4 is 18.0 Å². The second-order valence-corrected chi connectivity index (χ2v) is 4.77. The highest BCUT2D eigenvalue weighted by Crippen LogP contribution is 2.50. The fourth-order valence-electron chi connectivity index (χ4n) is 2.16. The van der Waals surface area contributed by atoms with E-state index in [1.54, 1.807) is 30.3 Å². The lowest BCUT2D eigenvalue weighted by molar-refractivity contribution is -0.252. The molecule has 0 fully saturated rings. The van der Waals surface area contributed by atoms with E-state index in [0.717, 1.165) is 20.3 Å². The van der Waals surface area contributed by atoms with Crippen molar-refractivity contribution in [3.8, 4) is 0 Å². The summed E-state index contributed by atoms with van der Waals surface area (Å²) in [5.41, 5.74) is -3.56. The van der Waals surface area contributed by atoms with Crippen molar-refractivity contribution in [2.24, 2.45) is 0 Å². The zero-order chi connectivity index (χ0) is 18.0. The van der Waals surface area contributed by atoms with Gasteiger partial charge in [-0.25, -0.2) is 9.59 Å². The Balaban J connectivity index is 2.54. The van der Waals surface area contributed by atoms with Gasteiger partial charge in [-0.3, -0.25) is 0 Å². The van der Waals surface area contributed by atoms with Crippen LogP contribution in [0.5, 0.6) is 0 Å². The van der Waals surface area contributed by atoms with Gasteiger partial charge in [-0.05, 0) is 11.6 Å². The van der Waals surface area contributed by atoms with Crippen LogP contribution < -0.4 is 0 Å². The Morgan fingerprint density at radius 1 is 1.08 bits per heavy atom. The van der Waals surface area contributed by atoms with Crippen LogP contribution in [-0.2, 0) is 23.8 Å². The molecule has 0 amide bonds. The van der Waals surface area contributed by atoms with Gasteiger partial charge in [0.2, 0.25) is 5.76 Å². The predicted octanol–water partition coefficient (Wildman–Crippen LogP) is 2.63. The van der Waals surface area contributed by atoms with Gasteiger partial charge >= 0.3 is 18.1 Å². The third kappa shape index (κ3) is 2.86. The Morgan fingerprint density at radius 2 is 1.67 bits per heavy atom. The molecule has 1 heterocycles. The lowest BCUT2D eigenvalue weighted by atomic mass is 9.85. The van der Waals surface area contributed by atoms with Gasteiger partial charge in [0.05, 0.1) is 14.2 Å². The molecule has 0 N–H and O–H groups in total. The number of methoxy groups -OCH3 is 2. The second-order valence-electron chi connectivity index (χ2n) is 4.77. The molecule has 0 saturated carbocycles. The maximum atomic E-state index is 13.6. The van der Waals surface area contributed by atoms with Gasteiger partial charge in [-0.1, -0.05) is 36.4 Å². The van der Waals surface area contributed by atoms with Crippen LogP contribution in [0.3, 0.4) is 0 Å². The maximum Gasteiger partial charge on any atom is 0.436 e. The topological polar surface area (TPSA) is 61.8 Å². The normalized spacial score (nSPS) is 20.4. The van der Waals surface area contributed by atoms with Gasteiger partial charge in [0.1, 0.15) is 5.57 Å². The first-order valence-corrected chi connectivity index (χ1v) is 6.68. The summed E-state index contributed by atoms with van der Waals surface area (Å²) in [6.07, 6.45) is -3.18. The highest BCUT2D eigenvalue weighted by molar-refractivity contribution is 6.04. The highest BCUT2D eigenvalue weighted by Gasteiger charge is 2.68. The monoisotopic (exact) mass is 342 g/mol. The van der Waals surface area contributed by atoms with E-state index in [2.05, 4.69) is 9.47 Å². The first kappa shape index (κ1) is 17.6. The summed E-state index contributed by atoms with van der Waals surface area (Å²) in [7, 11) is 1.87. The molecule has 0 radical (unpaired) electrons. The number of carbonyl (C=O) groups is 2. The Morgan fingerprint density at radius 3 is 2.17 bits per heavy atom. The summed E-state index contributed by atoms with van der Waals surface area (Å²) in [4.78, 5) is 23.3. The van der Waals surface area contributed by atoms with Crippen molar-refractivity contribution in [3.63, 3.8) is 0 Å². The zero-order valence-corrected chi connectivity index (χ0v) is 12.7. The van der Waals surface area contributed by atoms with Crippen molar-refractivity contribution in [2.75, 3.05) is 14.2 Å². The predicted molar refractivity (Wildman–Crippen MR) is 76.4 cm³/mol. The van der Waals surface area contributed by atoms with Crippen LogP contribution in [0.25, 0.3) is 6.08 Å². The summed E-state index contributed by atoms with van der Waals surface area (Å²) in [6, 6.07) is 8.12. The molecular formula is C16H13F3O5. The molecule has 0 aliphatic carbocycles. The molecule has 1 unspecified atom stereocenters. The molecule has 5 nitrogen and oxygen atoms in total. The number of hydrogen-bond acceptors (Lipinski definition) is 5. The number of ether oxygens (including phenoxy) is 3. The molecule has 1 aromatic carbocycles. The van der Waals surface area contributed by atoms with E-state index in [-0.39, 0.29) is 0 Å². The molecule has 1 aromatic rings. The molecule has 1 atom stereocenters. The van der Waals surface area contributed by atoms with Crippen LogP contribution in [0.15, 0.2) is 47.7 Å². The summed E-state index contributed by atoms with van der Waals surface area (Å²) in [6.45, 7) is 0. The van der Waals surface area contributed by atoms with E-state index in [1.165, 1.54) is 0 Å². The molecule has 0 saturated heterocycles. The van der Waals surface area contributed by atoms with Crippen molar-refractivity contribution < 1.29 is 37.0 Å². The lowest BCUT2D eigenvalue weighted by Crippen LogP contribution is -2.57. The van der Waals surface area contributed by atoms with Gasteiger partial charge < -0.3 is 14.2 Å². The molecule has 0 bridgehead atoms. The van der Waals surface area contributed by atoms with Crippen LogP contribution in [0.4, 0.5) is 13.2 Å². The molecular weight excluding hydrogens is 329 g/mol. The number of hydrogen-bond donors (Lipinski definition) is 0. The van der Waals surface area contributed by atoms with Crippen LogP contribution in [-0.4, -0.2) is 37.9 Å². The molecule has 8 heteroatoms. The number of esters is 2. The minimum absolute atomic E-state index is 0.459. The summed E-state index contributed by atoms with van der Waals surface area (Å²) >= 11 is 0. The minimum atomic E-state index is -4.99. The fraction of sp³-hybridized carbons (Fsp3) is 0.250. The Hall–Kier alpha value is -2.77. The summed E-state index contributed by atoms with van der Waals surface area (Å²) in [5, 5.41) is 0. The average molecular weight is 342 g/mol. The van der Waals surface area contributed by atoms with E-state index in [9.17, 15) is 22.8 Å². The molecule has 128 valence electrons. The third-order valence-corrected chi connectivity index (χ3v) is 3.35. The van der Waals surface area contributed by atoms with E-state index in [1.807, 2.05) is 0 Å². The summed E-state index contributed by atoms with van der Waals surface area (Å²) < 4.78 is 54.1.